The highest BCUT2D eigenvalue weighted by Crippen LogP contribution is 2.29. The summed E-state index contributed by atoms with van der Waals surface area (Å²) in [5.74, 6) is 1.81. The predicted molar refractivity (Wildman–Crippen MR) is 89.2 cm³/mol. The van der Waals surface area contributed by atoms with Crippen LogP contribution in [-0.4, -0.2) is 17.8 Å². The molecular weight excluding hydrogens is 280 g/mol. The smallest absolute Gasteiger partial charge is 0.256 e. The molecule has 1 heterocycles. The normalized spacial score (nSPS) is 12.7. The lowest BCUT2D eigenvalue weighted by atomic mass is 9.95. The van der Waals surface area contributed by atoms with Gasteiger partial charge >= 0.3 is 0 Å². The summed E-state index contributed by atoms with van der Waals surface area (Å²) in [6.45, 7) is 10.4. The first-order valence-corrected chi connectivity index (χ1v) is 8.22. The minimum absolute atomic E-state index is 0.295. The van der Waals surface area contributed by atoms with E-state index >= 15 is 0 Å². The summed E-state index contributed by atoms with van der Waals surface area (Å²) < 4.78 is 5.65. The zero-order valence-electron chi connectivity index (χ0n) is 13.7. The Hall–Kier alpha value is -1.26. The van der Waals surface area contributed by atoms with Gasteiger partial charge in [0.2, 0.25) is 0 Å². The summed E-state index contributed by atoms with van der Waals surface area (Å²) in [7, 11) is 2.01. The SMILES string of the molecule is CNC(CSc1nc(C)c(C)o1)c1c(C)cc(C)cc1C. The lowest BCUT2D eigenvalue weighted by molar-refractivity contribution is 0.430. The highest BCUT2D eigenvalue weighted by atomic mass is 32.2. The average molecular weight is 304 g/mol. The monoisotopic (exact) mass is 304 g/mol. The molecule has 1 atom stereocenters. The number of benzene rings is 1. The Morgan fingerprint density at radius 2 is 1.76 bits per heavy atom. The van der Waals surface area contributed by atoms with Gasteiger partial charge in [0.1, 0.15) is 5.76 Å². The third kappa shape index (κ3) is 3.69. The second-order valence-electron chi connectivity index (χ2n) is 5.59. The van der Waals surface area contributed by atoms with Gasteiger partial charge in [-0.15, -0.1) is 0 Å². The number of nitrogens with zero attached hydrogens (tertiary/aromatic N) is 1. The van der Waals surface area contributed by atoms with Crippen molar-refractivity contribution in [1.29, 1.82) is 0 Å². The fourth-order valence-corrected chi connectivity index (χ4v) is 3.74. The second kappa shape index (κ2) is 6.67. The molecule has 0 aliphatic carbocycles. The second-order valence-corrected chi connectivity index (χ2v) is 6.56. The third-order valence-electron chi connectivity index (χ3n) is 3.82. The van der Waals surface area contributed by atoms with Crippen LogP contribution in [0.5, 0.6) is 0 Å². The number of oxazole rings is 1. The van der Waals surface area contributed by atoms with Crippen molar-refractivity contribution in [1.82, 2.24) is 10.3 Å². The molecule has 0 saturated carbocycles. The van der Waals surface area contributed by atoms with Gasteiger partial charge in [0.15, 0.2) is 0 Å². The van der Waals surface area contributed by atoms with Gasteiger partial charge in [-0.3, -0.25) is 0 Å². The Morgan fingerprint density at radius 1 is 1.14 bits per heavy atom. The molecule has 0 saturated heterocycles. The van der Waals surface area contributed by atoms with Gasteiger partial charge in [0.05, 0.1) is 5.69 Å². The van der Waals surface area contributed by atoms with E-state index in [1.54, 1.807) is 11.8 Å². The summed E-state index contributed by atoms with van der Waals surface area (Å²) in [6.07, 6.45) is 0. The largest absolute Gasteiger partial charge is 0.437 e. The van der Waals surface area contributed by atoms with Crippen LogP contribution in [-0.2, 0) is 0 Å². The molecule has 21 heavy (non-hydrogen) atoms. The van der Waals surface area contributed by atoms with E-state index in [0.717, 1.165) is 22.4 Å². The molecule has 2 rings (SSSR count). The van der Waals surface area contributed by atoms with Crippen molar-refractivity contribution in [2.24, 2.45) is 0 Å². The lowest BCUT2D eigenvalue weighted by Crippen LogP contribution is -2.21. The van der Waals surface area contributed by atoms with Crippen LogP contribution in [0.3, 0.4) is 0 Å². The number of thioether (sulfide) groups is 1. The summed E-state index contributed by atoms with van der Waals surface area (Å²) in [5, 5.41) is 4.18. The lowest BCUT2D eigenvalue weighted by Gasteiger charge is -2.21. The van der Waals surface area contributed by atoms with Crippen molar-refractivity contribution in [3.63, 3.8) is 0 Å². The van der Waals surface area contributed by atoms with Gasteiger partial charge in [-0.05, 0) is 58.4 Å². The summed E-state index contributed by atoms with van der Waals surface area (Å²) >= 11 is 1.66. The van der Waals surface area contributed by atoms with E-state index in [-0.39, 0.29) is 0 Å². The molecule has 0 amide bonds. The van der Waals surface area contributed by atoms with Crippen LogP contribution in [0.15, 0.2) is 21.8 Å². The van der Waals surface area contributed by atoms with Crippen LogP contribution in [0, 0.1) is 34.6 Å². The Morgan fingerprint density at radius 3 is 2.24 bits per heavy atom. The zero-order valence-corrected chi connectivity index (χ0v) is 14.5. The van der Waals surface area contributed by atoms with E-state index in [9.17, 15) is 0 Å². The maximum atomic E-state index is 5.65. The van der Waals surface area contributed by atoms with Crippen molar-refractivity contribution in [3.05, 3.63) is 45.8 Å². The van der Waals surface area contributed by atoms with Crippen molar-refractivity contribution >= 4 is 11.8 Å². The Labute approximate surface area is 131 Å². The van der Waals surface area contributed by atoms with E-state index in [0.29, 0.717) is 6.04 Å². The van der Waals surface area contributed by atoms with Crippen molar-refractivity contribution in [2.45, 2.75) is 45.9 Å². The minimum Gasteiger partial charge on any atom is -0.437 e. The minimum atomic E-state index is 0.295. The predicted octanol–water partition coefficient (Wildman–Crippen LogP) is 4.27. The summed E-state index contributed by atoms with van der Waals surface area (Å²) in [6, 6.07) is 4.79. The van der Waals surface area contributed by atoms with Gasteiger partial charge in [-0.25, -0.2) is 4.98 Å². The van der Waals surface area contributed by atoms with E-state index in [1.807, 2.05) is 20.9 Å². The molecule has 2 aromatic rings. The average Bonchev–Trinajstić information content (AvgIpc) is 2.71. The number of hydrogen-bond acceptors (Lipinski definition) is 4. The fourth-order valence-electron chi connectivity index (χ4n) is 2.71. The molecule has 4 heteroatoms. The molecule has 1 aromatic carbocycles. The molecule has 0 bridgehead atoms. The Balaban J connectivity index is 2.17. The van der Waals surface area contributed by atoms with Crippen LogP contribution in [0.4, 0.5) is 0 Å². The van der Waals surface area contributed by atoms with Crippen LogP contribution in [0.2, 0.25) is 0 Å². The standard InChI is InChI=1S/C17H24N2OS/c1-10-7-11(2)16(12(3)8-10)15(18-6)9-21-17-19-13(4)14(5)20-17/h7-8,15,18H,9H2,1-6H3. The van der Waals surface area contributed by atoms with Gasteiger partial charge in [-0.2, -0.15) is 0 Å². The fraction of sp³-hybridized carbons (Fsp3) is 0.471. The number of hydrogen-bond donors (Lipinski definition) is 1. The molecule has 114 valence electrons. The molecule has 0 spiro atoms. The maximum Gasteiger partial charge on any atom is 0.256 e. The van der Waals surface area contributed by atoms with Crippen LogP contribution >= 0.6 is 11.8 Å². The van der Waals surface area contributed by atoms with E-state index in [1.165, 1.54) is 22.3 Å². The number of aryl methyl sites for hydroxylation is 5. The molecule has 3 nitrogen and oxygen atoms in total. The topological polar surface area (TPSA) is 38.1 Å². The molecular formula is C17H24N2OS. The molecule has 1 aromatic heterocycles. The van der Waals surface area contributed by atoms with Gasteiger partial charge < -0.3 is 9.73 Å². The first-order valence-electron chi connectivity index (χ1n) is 7.24. The van der Waals surface area contributed by atoms with E-state index in [4.69, 9.17) is 4.42 Å². The first-order chi connectivity index (χ1) is 9.92. The van der Waals surface area contributed by atoms with Crippen LogP contribution < -0.4 is 5.32 Å². The van der Waals surface area contributed by atoms with Gasteiger partial charge in [0, 0.05) is 11.8 Å². The molecule has 0 aliphatic rings. The van der Waals surface area contributed by atoms with E-state index < -0.39 is 0 Å². The number of nitrogens with one attached hydrogen (secondary N) is 1. The van der Waals surface area contributed by atoms with Gasteiger partial charge in [-0.1, -0.05) is 29.5 Å². The number of rotatable bonds is 5. The number of aromatic nitrogens is 1. The first kappa shape index (κ1) is 16.1. The molecule has 0 aliphatic heterocycles. The molecule has 1 N–H and O–H groups in total. The Kier molecular flexibility index (Phi) is 5.12. The van der Waals surface area contributed by atoms with Gasteiger partial charge in [0.25, 0.3) is 5.22 Å². The third-order valence-corrected chi connectivity index (χ3v) is 4.74. The maximum absolute atomic E-state index is 5.65. The highest BCUT2D eigenvalue weighted by molar-refractivity contribution is 7.99. The van der Waals surface area contributed by atoms with Crippen molar-refractivity contribution in [2.75, 3.05) is 12.8 Å². The molecule has 1 unspecified atom stereocenters. The summed E-state index contributed by atoms with van der Waals surface area (Å²) in [4.78, 5) is 4.44. The van der Waals surface area contributed by atoms with E-state index in [2.05, 4.69) is 43.2 Å². The zero-order chi connectivity index (χ0) is 15.6. The summed E-state index contributed by atoms with van der Waals surface area (Å²) in [5.41, 5.74) is 6.35. The molecule has 0 fully saturated rings. The highest BCUT2D eigenvalue weighted by Gasteiger charge is 2.17. The van der Waals surface area contributed by atoms with Crippen molar-refractivity contribution in [3.8, 4) is 0 Å². The Bertz CT molecular complexity index is 591. The van der Waals surface area contributed by atoms with Crippen LogP contribution in [0.1, 0.15) is 39.7 Å². The molecule has 0 radical (unpaired) electrons. The quantitative estimate of drug-likeness (QED) is 0.837. The van der Waals surface area contributed by atoms with Crippen molar-refractivity contribution < 1.29 is 4.42 Å². The van der Waals surface area contributed by atoms with Crippen LogP contribution in [0.25, 0.3) is 0 Å².